The van der Waals surface area contributed by atoms with Crippen LogP contribution in [0.2, 0.25) is 0 Å². The Morgan fingerprint density at radius 1 is 1.28 bits per heavy atom. The smallest absolute Gasteiger partial charge is 0.435 e. The Morgan fingerprint density at radius 2 is 2.00 bits per heavy atom. The molecule has 0 unspecified atom stereocenters. The number of aromatic nitrogens is 1. The number of pyridine rings is 1. The molecule has 4 nitrogen and oxygen atoms in total. The monoisotopic (exact) mass is 422 g/mol. The van der Waals surface area contributed by atoms with Gasteiger partial charge in [-0.3, -0.25) is 4.79 Å². The number of nitrogens with zero attached hydrogens (tertiary/aromatic N) is 1. The molecule has 8 heteroatoms. The molecule has 0 bridgehead atoms. The highest BCUT2D eigenvalue weighted by atomic mass is 32.2. The Hall–Kier alpha value is -2.48. The summed E-state index contributed by atoms with van der Waals surface area (Å²) in [6, 6.07) is 5.80. The number of benzene rings is 1. The van der Waals surface area contributed by atoms with Gasteiger partial charge in [0.1, 0.15) is 5.58 Å². The largest absolute Gasteiger partial charge is 0.449 e. The van der Waals surface area contributed by atoms with Crippen LogP contribution in [0.5, 0.6) is 0 Å². The number of nitrogens with one attached hydrogen (secondary N) is 1. The van der Waals surface area contributed by atoms with Crippen LogP contribution < -0.4 is 10.7 Å². The fourth-order valence-electron chi connectivity index (χ4n) is 3.20. The van der Waals surface area contributed by atoms with Gasteiger partial charge in [0.05, 0.1) is 17.1 Å². The molecule has 0 radical (unpaired) electrons. The van der Waals surface area contributed by atoms with Crippen LogP contribution in [0.25, 0.3) is 11.0 Å². The molecule has 0 saturated carbocycles. The molecule has 154 valence electrons. The molecule has 29 heavy (non-hydrogen) atoms. The molecule has 1 atom stereocenters. The molecule has 0 aliphatic heterocycles. The van der Waals surface area contributed by atoms with Gasteiger partial charge in [0.15, 0.2) is 16.2 Å². The number of aryl methyl sites for hydroxylation is 1. The van der Waals surface area contributed by atoms with Gasteiger partial charge in [0, 0.05) is 17.3 Å². The lowest BCUT2D eigenvalue weighted by molar-refractivity contribution is -0.140. The van der Waals surface area contributed by atoms with E-state index in [2.05, 4.69) is 10.3 Å². The van der Waals surface area contributed by atoms with Crippen LogP contribution in [-0.4, -0.2) is 10.7 Å². The zero-order chi connectivity index (χ0) is 21.3. The van der Waals surface area contributed by atoms with Gasteiger partial charge in [-0.1, -0.05) is 24.8 Å². The van der Waals surface area contributed by atoms with Crippen LogP contribution in [0, 0.1) is 13.8 Å². The summed E-state index contributed by atoms with van der Waals surface area (Å²) < 4.78 is 45.9. The molecule has 0 saturated heterocycles. The van der Waals surface area contributed by atoms with Gasteiger partial charge < -0.3 is 9.73 Å². The van der Waals surface area contributed by atoms with Crippen molar-refractivity contribution in [3.8, 4) is 0 Å². The number of hydrogen-bond donors (Lipinski definition) is 1. The Labute approximate surface area is 170 Å². The highest BCUT2D eigenvalue weighted by Crippen LogP contribution is 2.36. The van der Waals surface area contributed by atoms with Gasteiger partial charge in [0.2, 0.25) is 0 Å². The van der Waals surface area contributed by atoms with Crippen molar-refractivity contribution < 1.29 is 17.6 Å². The second-order valence-corrected chi connectivity index (χ2v) is 8.01. The minimum absolute atomic E-state index is 0.125. The zero-order valence-electron chi connectivity index (χ0n) is 16.5. The van der Waals surface area contributed by atoms with Crippen molar-refractivity contribution in [2.45, 2.75) is 45.0 Å². The van der Waals surface area contributed by atoms with E-state index in [0.717, 1.165) is 17.5 Å². The van der Waals surface area contributed by atoms with Crippen molar-refractivity contribution in [1.82, 2.24) is 4.98 Å². The van der Waals surface area contributed by atoms with Gasteiger partial charge in [-0.05, 0) is 50.3 Å². The van der Waals surface area contributed by atoms with Crippen molar-refractivity contribution in [2.24, 2.45) is 0 Å². The molecular weight excluding hydrogens is 401 g/mol. The molecule has 3 aromatic rings. The maximum absolute atomic E-state index is 13.3. The van der Waals surface area contributed by atoms with E-state index in [1.54, 1.807) is 19.9 Å². The molecule has 2 aromatic heterocycles. The van der Waals surface area contributed by atoms with E-state index < -0.39 is 17.9 Å². The molecule has 0 fully saturated rings. The SMILES string of the molecule is CCSc1oc2c([C@@H](C)Nc3cccnc3C(F)(F)F)cc(C)cc2c(=O)c1C. The molecule has 1 N–H and O–H groups in total. The Kier molecular flexibility index (Phi) is 5.93. The molecule has 0 aliphatic carbocycles. The van der Waals surface area contributed by atoms with Gasteiger partial charge >= 0.3 is 6.18 Å². The standard InChI is InChI=1S/C21H21F3N2O2S/c1-5-29-20-12(3)17(27)15-10-11(2)9-14(18(15)28-20)13(4)26-16-7-6-8-25-19(16)21(22,23)24/h6-10,13,26H,5H2,1-4H3/t13-/m1/s1. The van der Waals surface area contributed by atoms with Gasteiger partial charge in [-0.2, -0.15) is 13.2 Å². The first-order chi connectivity index (χ1) is 13.6. The van der Waals surface area contributed by atoms with Crippen LogP contribution >= 0.6 is 11.8 Å². The second-order valence-electron chi connectivity index (χ2n) is 6.77. The topological polar surface area (TPSA) is 55.1 Å². The van der Waals surface area contributed by atoms with Crippen LogP contribution in [0.3, 0.4) is 0 Å². The lowest BCUT2D eigenvalue weighted by Gasteiger charge is -2.20. The summed E-state index contributed by atoms with van der Waals surface area (Å²) in [6.07, 6.45) is -3.47. The summed E-state index contributed by atoms with van der Waals surface area (Å²) >= 11 is 1.42. The van der Waals surface area contributed by atoms with Crippen molar-refractivity contribution in [3.05, 3.63) is 63.1 Å². The molecule has 1 aromatic carbocycles. The molecular formula is C21H21F3N2O2S. The normalized spacial score (nSPS) is 12.9. The minimum atomic E-state index is -4.58. The van der Waals surface area contributed by atoms with E-state index in [1.165, 1.54) is 23.9 Å². The molecule has 0 amide bonds. The van der Waals surface area contributed by atoms with E-state index in [1.807, 2.05) is 19.9 Å². The fraction of sp³-hybridized carbons (Fsp3) is 0.333. The average molecular weight is 422 g/mol. The number of halogens is 3. The maximum atomic E-state index is 13.3. The van der Waals surface area contributed by atoms with Crippen LogP contribution in [0.15, 0.2) is 44.8 Å². The third kappa shape index (κ3) is 4.27. The third-order valence-corrected chi connectivity index (χ3v) is 5.48. The van der Waals surface area contributed by atoms with E-state index >= 15 is 0 Å². The average Bonchev–Trinajstić information content (AvgIpc) is 2.65. The first kappa shape index (κ1) is 21.2. The van der Waals surface area contributed by atoms with Crippen molar-refractivity contribution >= 4 is 28.4 Å². The molecule has 0 aliphatic rings. The Bertz CT molecular complexity index is 1110. The molecule has 3 rings (SSSR count). The lowest BCUT2D eigenvalue weighted by atomic mass is 10.0. The van der Waals surface area contributed by atoms with Crippen molar-refractivity contribution in [1.29, 1.82) is 0 Å². The van der Waals surface area contributed by atoms with Gasteiger partial charge in [-0.25, -0.2) is 4.98 Å². The Balaban J connectivity index is 2.14. The number of hydrogen-bond acceptors (Lipinski definition) is 5. The Morgan fingerprint density at radius 3 is 2.66 bits per heavy atom. The third-order valence-electron chi connectivity index (χ3n) is 4.54. The fourth-order valence-corrected chi connectivity index (χ4v) is 3.91. The number of alkyl halides is 3. The summed E-state index contributed by atoms with van der Waals surface area (Å²) in [4.78, 5) is 16.3. The first-order valence-electron chi connectivity index (χ1n) is 9.13. The summed E-state index contributed by atoms with van der Waals surface area (Å²) in [5.41, 5.74) is 1.13. The highest BCUT2D eigenvalue weighted by molar-refractivity contribution is 7.99. The number of fused-ring (bicyclic) bond motifs is 1. The minimum Gasteiger partial charge on any atom is -0.449 e. The van der Waals surface area contributed by atoms with Crippen LogP contribution in [0.1, 0.15) is 42.3 Å². The quantitative estimate of drug-likeness (QED) is 0.503. The molecule has 2 heterocycles. The van der Waals surface area contributed by atoms with E-state index in [-0.39, 0.29) is 11.1 Å². The molecule has 0 spiro atoms. The second kappa shape index (κ2) is 8.10. The predicted molar refractivity (Wildman–Crippen MR) is 110 cm³/mol. The van der Waals surface area contributed by atoms with Crippen LogP contribution in [-0.2, 0) is 6.18 Å². The van der Waals surface area contributed by atoms with Crippen molar-refractivity contribution in [3.63, 3.8) is 0 Å². The summed E-state index contributed by atoms with van der Waals surface area (Å²) in [6.45, 7) is 7.24. The van der Waals surface area contributed by atoms with Crippen molar-refractivity contribution in [2.75, 3.05) is 11.1 Å². The van der Waals surface area contributed by atoms with Gasteiger partial charge in [-0.15, -0.1) is 0 Å². The first-order valence-corrected chi connectivity index (χ1v) is 10.1. The number of anilines is 1. The number of rotatable bonds is 5. The summed E-state index contributed by atoms with van der Waals surface area (Å²) in [5.74, 6) is 0.731. The van der Waals surface area contributed by atoms with Crippen LogP contribution in [0.4, 0.5) is 18.9 Å². The maximum Gasteiger partial charge on any atom is 0.435 e. The van der Waals surface area contributed by atoms with Gasteiger partial charge in [0.25, 0.3) is 0 Å². The van der Waals surface area contributed by atoms with E-state index in [4.69, 9.17) is 4.42 Å². The lowest BCUT2D eigenvalue weighted by Crippen LogP contribution is -2.16. The summed E-state index contributed by atoms with van der Waals surface area (Å²) in [7, 11) is 0. The zero-order valence-corrected chi connectivity index (χ0v) is 17.3. The van der Waals surface area contributed by atoms with E-state index in [0.29, 0.717) is 27.2 Å². The highest BCUT2D eigenvalue weighted by Gasteiger charge is 2.35. The summed E-state index contributed by atoms with van der Waals surface area (Å²) in [5, 5.41) is 3.84. The predicted octanol–water partition coefficient (Wildman–Crippen LogP) is 6.11. The number of thioether (sulfide) groups is 1. The van der Waals surface area contributed by atoms with E-state index in [9.17, 15) is 18.0 Å².